The summed E-state index contributed by atoms with van der Waals surface area (Å²) < 4.78 is 21.3. The van der Waals surface area contributed by atoms with Gasteiger partial charge in [0.15, 0.2) is 0 Å². The van der Waals surface area contributed by atoms with Gasteiger partial charge in [-0.3, -0.25) is 9.36 Å². The molecule has 0 radical (unpaired) electrons. The Hall–Kier alpha value is -1.27. The monoisotopic (exact) mass is 352 g/mol. The van der Waals surface area contributed by atoms with E-state index < -0.39 is 5.82 Å². The molecule has 3 heterocycles. The molecule has 2 aliphatic rings. The van der Waals surface area contributed by atoms with E-state index in [1.807, 2.05) is 0 Å². The second kappa shape index (κ2) is 4.61. The fourth-order valence-corrected chi connectivity index (χ4v) is 4.06. The average molecular weight is 353 g/mol. The minimum absolute atomic E-state index is 0.0561. The van der Waals surface area contributed by atoms with Gasteiger partial charge in [0.25, 0.3) is 5.56 Å². The van der Waals surface area contributed by atoms with Crippen LogP contribution in [0.4, 0.5) is 4.39 Å². The molecule has 0 amide bonds. The van der Waals surface area contributed by atoms with Crippen molar-refractivity contribution < 1.29 is 9.13 Å². The minimum atomic E-state index is -0.424. The second-order valence-electron chi connectivity index (χ2n) is 5.82. The summed E-state index contributed by atoms with van der Waals surface area (Å²) in [6.45, 7) is 2.07. The van der Waals surface area contributed by atoms with Gasteiger partial charge < -0.3 is 4.74 Å². The molecule has 21 heavy (non-hydrogen) atoms. The lowest BCUT2D eigenvalue weighted by Crippen LogP contribution is -2.34. The number of hydrogen-bond donors (Lipinski definition) is 0. The SMILES string of the molecule is O=c1c2cc(F)cc(Br)c2nc2n1CCC21CCOCC1. The van der Waals surface area contributed by atoms with Gasteiger partial charge in [0.1, 0.15) is 11.6 Å². The first-order valence-electron chi connectivity index (χ1n) is 7.09. The fourth-order valence-electron chi connectivity index (χ4n) is 3.54. The molecular formula is C15H14BrFN2O2. The predicted octanol–water partition coefficient (Wildman–Crippen LogP) is 2.75. The van der Waals surface area contributed by atoms with E-state index in [2.05, 4.69) is 15.9 Å². The standard InChI is InChI=1S/C15H14BrFN2O2/c16-11-8-9(17)7-10-12(11)18-14-15(2-5-21-6-3-15)1-4-19(14)13(10)20/h7-8H,1-6H2. The van der Waals surface area contributed by atoms with E-state index in [1.165, 1.54) is 12.1 Å². The molecule has 0 atom stereocenters. The molecule has 110 valence electrons. The number of hydrogen-bond acceptors (Lipinski definition) is 3. The summed E-state index contributed by atoms with van der Waals surface area (Å²) in [5.41, 5.74) is 0.360. The summed E-state index contributed by atoms with van der Waals surface area (Å²) in [4.78, 5) is 17.4. The molecule has 4 rings (SSSR count). The topological polar surface area (TPSA) is 44.1 Å². The number of benzene rings is 1. The molecule has 1 fully saturated rings. The lowest BCUT2D eigenvalue weighted by atomic mass is 9.78. The van der Waals surface area contributed by atoms with Crippen molar-refractivity contribution in [3.05, 3.63) is 38.6 Å². The zero-order chi connectivity index (χ0) is 14.6. The first-order chi connectivity index (χ1) is 10.1. The van der Waals surface area contributed by atoms with E-state index in [0.29, 0.717) is 35.1 Å². The van der Waals surface area contributed by atoms with Crippen molar-refractivity contribution >= 4 is 26.8 Å². The van der Waals surface area contributed by atoms with Crippen LogP contribution in [0, 0.1) is 5.82 Å². The highest BCUT2D eigenvalue weighted by atomic mass is 79.9. The third-order valence-corrected chi connectivity index (χ3v) is 5.32. The van der Waals surface area contributed by atoms with Gasteiger partial charge in [-0.1, -0.05) is 0 Å². The first kappa shape index (κ1) is 13.4. The molecule has 6 heteroatoms. The van der Waals surface area contributed by atoms with Crippen molar-refractivity contribution in [3.8, 4) is 0 Å². The van der Waals surface area contributed by atoms with Gasteiger partial charge in [0.05, 0.1) is 10.9 Å². The highest BCUT2D eigenvalue weighted by molar-refractivity contribution is 9.10. The van der Waals surface area contributed by atoms with Crippen molar-refractivity contribution in [3.63, 3.8) is 0 Å². The van der Waals surface area contributed by atoms with Gasteiger partial charge in [-0.25, -0.2) is 9.37 Å². The molecule has 4 nitrogen and oxygen atoms in total. The third-order valence-electron chi connectivity index (χ3n) is 4.72. The van der Waals surface area contributed by atoms with Crippen LogP contribution in [0.25, 0.3) is 10.9 Å². The Kier molecular flexibility index (Phi) is 2.94. The first-order valence-corrected chi connectivity index (χ1v) is 7.88. The Morgan fingerprint density at radius 3 is 2.81 bits per heavy atom. The number of halogens is 2. The average Bonchev–Trinajstić information content (AvgIpc) is 2.80. The highest BCUT2D eigenvalue weighted by Gasteiger charge is 2.42. The van der Waals surface area contributed by atoms with E-state index in [4.69, 9.17) is 9.72 Å². The number of ether oxygens (including phenoxy) is 1. The Labute approximate surface area is 129 Å². The van der Waals surface area contributed by atoms with Crippen molar-refractivity contribution in [2.24, 2.45) is 0 Å². The molecule has 1 aromatic heterocycles. The van der Waals surface area contributed by atoms with Crippen LogP contribution < -0.4 is 5.56 Å². The lowest BCUT2D eigenvalue weighted by molar-refractivity contribution is 0.0492. The maximum absolute atomic E-state index is 13.6. The van der Waals surface area contributed by atoms with Gasteiger partial charge in [-0.05, 0) is 47.3 Å². The summed E-state index contributed by atoms with van der Waals surface area (Å²) in [6, 6.07) is 2.63. The summed E-state index contributed by atoms with van der Waals surface area (Å²) in [5.74, 6) is 0.420. The molecule has 2 aromatic rings. The van der Waals surface area contributed by atoms with Gasteiger partial charge in [-0.15, -0.1) is 0 Å². The Morgan fingerprint density at radius 1 is 1.29 bits per heavy atom. The van der Waals surface area contributed by atoms with Crippen LogP contribution in [0.2, 0.25) is 0 Å². The van der Waals surface area contributed by atoms with Crippen LogP contribution in [0.3, 0.4) is 0 Å². The van der Waals surface area contributed by atoms with Crippen molar-refractivity contribution in [2.45, 2.75) is 31.2 Å². The molecule has 0 unspecified atom stereocenters. The van der Waals surface area contributed by atoms with Crippen LogP contribution in [0.5, 0.6) is 0 Å². The van der Waals surface area contributed by atoms with Crippen molar-refractivity contribution in [2.75, 3.05) is 13.2 Å². The molecule has 0 aliphatic carbocycles. The lowest BCUT2D eigenvalue weighted by Gasteiger charge is -2.32. The highest BCUT2D eigenvalue weighted by Crippen LogP contribution is 2.41. The maximum Gasteiger partial charge on any atom is 0.261 e. The van der Waals surface area contributed by atoms with E-state index in [1.54, 1.807) is 4.57 Å². The van der Waals surface area contributed by atoms with Crippen LogP contribution in [0.1, 0.15) is 25.1 Å². The van der Waals surface area contributed by atoms with Crippen LogP contribution in [0.15, 0.2) is 21.4 Å². The summed E-state index contributed by atoms with van der Waals surface area (Å²) in [6.07, 6.45) is 2.70. The number of aromatic nitrogens is 2. The van der Waals surface area contributed by atoms with Crippen LogP contribution in [-0.4, -0.2) is 22.8 Å². The Morgan fingerprint density at radius 2 is 2.05 bits per heavy atom. The summed E-state index contributed by atoms with van der Waals surface area (Å²) in [7, 11) is 0. The second-order valence-corrected chi connectivity index (χ2v) is 6.67. The third kappa shape index (κ3) is 1.89. The largest absolute Gasteiger partial charge is 0.381 e. The van der Waals surface area contributed by atoms with Crippen LogP contribution >= 0.6 is 15.9 Å². The normalized spacial score (nSPS) is 20.1. The molecule has 2 aliphatic heterocycles. The van der Waals surface area contributed by atoms with Crippen LogP contribution in [-0.2, 0) is 16.7 Å². The zero-order valence-electron chi connectivity index (χ0n) is 11.4. The molecule has 0 saturated carbocycles. The molecule has 1 saturated heterocycles. The molecule has 1 aromatic carbocycles. The quantitative estimate of drug-likeness (QED) is 0.732. The van der Waals surface area contributed by atoms with Crippen molar-refractivity contribution in [1.82, 2.24) is 9.55 Å². The Balaban J connectivity index is 2.02. The molecular weight excluding hydrogens is 339 g/mol. The summed E-state index contributed by atoms with van der Waals surface area (Å²) >= 11 is 3.33. The van der Waals surface area contributed by atoms with E-state index in [-0.39, 0.29) is 11.0 Å². The summed E-state index contributed by atoms with van der Waals surface area (Å²) in [5, 5.41) is 0.342. The number of fused-ring (bicyclic) bond motifs is 3. The van der Waals surface area contributed by atoms with Gasteiger partial charge in [0, 0.05) is 29.6 Å². The Bertz CT molecular complexity index is 796. The zero-order valence-corrected chi connectivity index (χ0v) is 13.0. The van der Waals surface area contributed by atoms with Gasteiger partial charge in [0.2, 0.25) is 0 Å². The molecule has 0 bridgehead atoms. The number of rotatable bonds is 0. The van der Waals surface area contributed by atoms with E-state index in [9.17, 15) is 9.18 Å². The van der Waals surface area contributed by atoms with Gasteiger partial charge in [-0.2, -0.15) is 0 Å². The fraction of sp³-hybridized carbons (Fsp3) is 0.467. The maximum atomic E-state index is 13.6. The minimum Gasteiger partial charge on any atom is -0.381 e. The number of nitrogens with zero attached hydrogens (tertiary/aromatic N) is 2. The smallest absolute Gasteiger partial charge is 0.261 e. The van der Waals surface area contributed by atoms with Crippen molar-refractivity contribution in [1.29, 1.82) is 0 Å². The van der Waals surface area contributed by atoms with E-state index in [0.717, 1.165) is 25.1 Å². The van der Waals surface area contributed by atoms with E-state index >= 15 is 0 Å². The molecule has 1 spiro atoms. The predicted molar refractivity (Wildman–Crippen MR) is 80.0 cm³/mol. The molecule has 0 N–H and O–H groups in total. The van der Waals surface area contributed by atoms with Gasteiger partial charge >= 0.3 is 0 Å².